The molecule has 1 aliphatic heterocycles. The molecule has 14 heteroatoms. The maximum Gasteiger partial charge on any atom is 0.407 e. The van der Waals surface area contributed by atoms with Crippen molar-refractivity contribution in [3.05, 3.63) is 35.9 Å². The van der Waals surface area contributed by atoms with Crippen molar-refractivity contribution in [3.63, 3.8) is 0 Å². The van der Waals surface area contributed by atoms with Gasteiger partial charge >= 0.3 is 6.09 Å². The molecule has 1 aliphatic carbocycles. The summed E-state index contributed by atoms with van der Waals surface area (Å²) in [5.41, 5.74) is 2.70. The van der Waals surface area contributed by atoms with Crippen LogP contribution >= 0.6 is 0 Å². The molecule has 2 amide bonds. The monoisotopic (exact) mass is 651 g/mol. The fourth-order valence-corrected chi connectivity index (χ4v) is 6.55. The van der Waals surface area contributed by atoms with Crippen molar-refractivity contribution < 1.29 is 27.5 Å². The number of likely N-dealkylation sites (tertiary alicyclic amines) is 1. The average Bonchev–Trinajstić information content (AvgIpc) is 3.64. The van der Waals surface area contributed by atoms with Gasteiger partial charge in [0.05, 0.1) is 24.6 Å². The molecule has 3 aromatic heterocycles. The number of carbonyl (C=O) groups is 2. The Morgan fingerprint density at radius 3 is 2.52 bits per heavy atom. The first kappa shape index (κ1) is 31.6. The van der Waals surface area contributed by atoms with Gasteiger partial charge in [0.25, 0.3) is 5.91 Å². The molecule has 2 aliphatic rings. The predicted molar refractivity (Wildman–Crippen MR) is 175 cm³/mol. The molecule has 0 spiro atoms. The number of hydrogen-bond acceptors (Lipinski definition) is 8. The van der Waals surface area contributed by atoms with E-state index in [0.29, 0.717) is 47.3 Å². The van der Waals surface area contributed by atoms with Crippen molar-refractivity contribution in [2.45, 2.75) is 64.6 Å². The van der Waals surface area contributed by atoms with Gasteiger partial charge in [-0.25, -0.2) is 23.2 Å². The minimum Gasteiger partial charge on any atom is -0.494 e. The van der Waals surface area contributed by atoms with Crippen molar-refractivity contribution in [1.82, 2.24) is 29.3 Å². The highest BCUT2D eigenvalue weighted by Gasteiger charge is 2.30. The van der Waals surface area contributed by atoms with E-state index in [4.69, 9.17) is 14.5 Å². The highest BCUT2D eigenvalue weighted by molar-refractivity contribution is 7.92. The van der Waals surface area contributed by atoms with E-state index < -0.39 is 21.7 Å². The molecule has 1 saturated carbocycles. The van der Waals surface area contributed by atoms with Crippen LogP contribution in [0.1, 0.15) is 56.8 Å². The highest BCUT2D eigenvalue weighted by atomic mass is 32.2. The summed E-state index contributed by atoms with van der Waals surface area (Å²) in [6.07, 6.45) is 4.35. The van der Waals surface area contributed by atoms with E-state index >= 15 is 0 Å². The Labute approximate surface area is 268 Å². The van der Waals surface area contributed by atoms with Gasteiger partial charge in [-0.2, -0.15) is 0 Å². The fourth-order valence-electron chi connectivity index (χ4n) is 6.06. The molecule has 1 saturated heterocycles. The van der Waals surface area contributed by atoms with Crippen molar-refractivity contribution in [1.29, 1.82) is 0 Å². The van der Waals surface area contributed by atoms with E-state index in [1.165, 1.54) is 0 Å². The number of alkyl carbamates (subject to hydrolysis) is 1. The van der Waals surface area contributed by atoms with Gasteiger partial charge < -0.3 is 28.8 Å². The summed E-state index contributed by atoms with van der Waals surface area (Å²) < 4.78 is 41.5. The van der Waals surface area contributed by atoms with Gasteiger partial charge in [-0.3, -0.25) is 9.52 Å². The van der Waals surface area contributed by atoms with Crippen LogP contribution < -0.4 is 14.8 Å². The quantitative estimate of drug-likeness (QED) is 0.283. The molecule has 0 bridgehead atoms. The standard InChI is InChI=1S/C32H41N7O6S/c1-32(2,3)45-31(41)33-22-8-7-13-38(18-22)30(40)21-14-23-27(25(16-21)44-5)37(4)29(34-23)24-15-20-11-12-26(36-46(6,42)43)35-28(20)39(24)17-19-9-10-19/h11-12,14-16,19,22H,7-10,13,17-18H2,1-6H3,(H,33,41)(H,35,36)/t22-/m1/s1. The molecule has 0 unspecified atom stereocenters. The van der Waals surface area contributed by atoms with Crippen LogP contribution in [0.25, 0.3) is 33.6 Å². The molecule has 1 atom stereocenters. The van der Waals surface area contributed by atoms with Gasteiger partial charge in [0.2, 0.25) is 10.0 Å². The molecule has 2 N–H and O–H groups in total. The smallest absolute Gasteiger partial charge is 0.407 e. The number of methoxy groups -OCH3 is 1. The van der Waals surface area contributed by atoms with Crippen LogP contribution in [0.15, 0.2) is 30.3 Å². The van der Waals surface area contributed by atoms with E-state index in [1.807, 2.05) is 44.5 Å². The van der Waals surface area contributed by atoms with Gasteiger partial charge in [-0.05, 0) is 82.7 Å². The maximum absolute atomic E-state index is 13.8. The number of aryl methyl sites for hydroxylation is 1. The number of fused-ring (bicyclic) bond motifs is 2. The Morgan fingerprint density at radius 1 is 1.09 bits per heavy atom. The maximum atomic E-state index is 13.8. The van der Waals surface area contributed by atoms with Crippen molar-refractivity contribution in [2.24, 2.45) is 13.0 Å². The molecule has 4 aromatic rings. The van der Waals surface area contributed by atoms with Crippen molar-refractivity contribution >= 4 is 49.9 Å². The van der Waals surface area contributed by atoms with Crippen LogP contribution in [-0.2, 0) is 28.4 Å². The van der Waals surface area contributed by atoms with E-state index in [1.54, 1.807) is 30.2 Å². The normalized spacial score (nSPS) is 17.3. The Balaban J connectivity index is 1.34. The van der Waals surface area contributed by atoms with Crippen LogP contribution in [0.2, 0.25) is 0 Å². The Hall–Kier alpha value is -4.33. The van der Waals surface area contributed by atoms with Gasteiger partial charge in [0.1, 0.15) is 28.3 Å². The summed E-state index contributed by atoms with van der Waals surface area (Å²) in [5, 5.41) is 3.77. The first-order chi connectivity index (χ1) is 21.7. The van der Waals surface area contributed by atoms with Gasteiger partial charge in [-0.1, -0.05) is 0 Å². The molecule has 13 nitrogen and oxygen atoms in total. The summed E-state index contributed by atoms with van der Waals surface area (Å²) in [6, 6.07) is 8.83. The minimum atomic E-state index is -3.49. The second-order valence-corrected chi connectivity index (χ2v) is 15.1. The van der Waals surface area contributed by atoms with Gasteiger partial charge in [-0.15, -0.1) is 0 Å². The lowest BCUT2D eigenvalue weighted by Gasteiger charge is -2.33. The summed E-state index contributed by atoms with van der Waals surface area (Å²) >= 11 is 0. The number of nitrogens with zero attached hydrogens (tertiary/aromatic N) is 5. The van der Waals surface area contributed by atoms with E-state index in [9.17, 15) is 18.0 Å². The lowest BCUT2D eigenvalue weighted by Crippen LogP contribution is -2.50. The molecule has 1 aromatic carbocycles. The Bertz CT molecular complexity index is 1940. The van der Waals surface area contributed by atoms with Crippen molar-refractivity contribution in [2.75, 3.05) is 31.2 Å². The number of benzene rings is 1. The SMILES string of the molecule is COc1cc(C(=O)N2CCC[C@@H](NC(=O)OC(C)(C)C)C2)cc2nc(-c3cc4ccc(NS(C)(=O)=O)nc4n3CC3CC3)n(C)c12. The van der Waals surface area contributed by atoms with Gasteiger partial charge in [0, 0.05) is 43.7 Å². The number of piperidine rings is 1. The number of pyridine rings is 1. The molecule has 2 fully saturated rings. The number of ether oxygens (including phenoxy) is 2. The number of nitrogens with one attached hydrogen (secondary N) is 2. The molecular weight excluding hydrogens is 610 g/mol. The largest absolute Gasteiger partial charge is 0.494 e. The molecule has 46 heavy (non-hydrogen) atoms. The third-order valence-corrected chi connectivity index (χ3v) is 8.81. The zero-order valence-electron chi connectivity index (χ0n) is 27.1. The average molecular weight is 652 g/mol. The number of hydrogen-bond donors (Lipinski definition) is 2. The lowest BCUT2D eigenvalue weighted by molar-refractivity contribution is 0.0452. The van der Waals surface area contributed by atoms with Crippen LogP contribution in [0, 0.1) is 5.92 Å². The fraction of sp³-hybridized carbons (Fsp3) is 0.500. The van der Waals surface area contributed by atoms with E-state index in [2.05, 4.69) is 19.6 Å². The Morgan fingerprint density at radius 2 is 1.85 bits per heavy atom. The summed E-state index contributed by atoms with van der Waals surface area (Å²) in [7, 11) is -0.00512. The number of anilines is 1. The highest BCUT2D eigenvalue weighted by Crippen LogP contribution is 2.38. The number of carbonyl (C=O) groups excluding carboxylic acids is 2. The van der Waals surface area contributed by atoms with E-state index in [0.717, 1.165) is 55.1 Å². The molecule has 246 valence electrons. The lowest BCUT2D eigenvalue weighted by atomic mass is 10.0. The molecule has 4 heterocycles. The zero-order valence-corrected chi connectivity index (χ0v) is 27.9. The third-order valence-electron chi connectivity index (χ3n) is 8.23. The van der Waals surface area contributed by atoms with Gasteiger partial charge in [0.15, 0.2) is 5.82 Å². The summed E-state index contributed by atoms with van der Waals surface area (Å²) in [5.74, 6) is 1.79. The summed E-state index contributed by atoms with van der Waals surface area (Å²) in [6.45, 7) is 7.12. The number of sulfonamides is 1. The number of imidazole rings is 1. The zero-order chi connectivity index (χ0) is 33.0. The predicted octanol–water partition coefficient (Wildman–Crippen LogP) is 4.51. The van der Waals surface area contributed by atoms with Crippen molar-refractivity contribution in [3.8, 4) is 17.3 Å². The molecule has 6 rings (SSSR count). The van der Waals surface area contributed by atoms with Crippen LogP contribution in [0.5, 0.6) is 5.75 Å². The first-order valence-electron chi connectivity index (χ1n) is 15.5. The molecular formula is C32H41N7O6S. The minimum absolute atomic E-state index is 0.166. The second-order valence-electron chi connectivity index (χ2n) is 13.3. The summed E-state index contributed by atoms with van der Waals surface area (Å²) in [4.78, 5) is 37.6. The van der Waals surface area contributed by atoms with E-state index in [-0.39, 0.29) is 17.8 Å². The topological polar surface area (TPSA) is 150 Å². The number of rotatable bonds is 8. The first-order valence-corrected chi connectivity index (χ1v) is 17.4. The second kappa shape index (κ2) is 11.8. The Kier molecular flexibility index (Phi) is 8.11. The van der Waals surface area contributed by atoms with Crippen LogP contribution in [-0.4, -0.2) is 82.5 Å². The van der Waals surface area contributed by atoms with Crippen LogP contribution in [0.3, 0.4) is 0 Å². The molecule has 0 radical (unpaired) electrons. The number of amides is 2. The number of aromatic nitrogens is 4. The third kappa shape index (κ3) is 6.76. The van der Waals surface area contributed by atoms with Crippen LogP contribution in [0.4, 0.5) is 10.6 Å².